The molecule has 116 valence electrons. The van der Waals surface area contributed by atoms with Crippen LogP contribution in [0.25, 0.3) is 10.8 Å². The highest BCUT2D eigenvalue weighted by atomic mass is 16.4. The Balaban J connectivity index is 0.000000172. The molecule has 0 fully saturated rings. The topological polar surface area (TPSA) is 100 Å². The highest BCUT2D eigenvalue weighted by Gasteiger charge is 2.14. The molecule has 23 heavy (non-hydrogen) atoms. The number of rotatable bonds is 2. The van der Waals surface area contributed by atoms with E-state index in [4.69, 9.17) is 10.2 Å². The quantitative estimate of drug-likeness (QED) is 0.754. The Bertz CT molecular complexity index is 797. The Labute approximate surface area is 132 Å². The van der Waals surface area contributed by atoms with Gasteiger partial charge in [0.2, 0.25) is 0 Å². The number of hydrogen-bond acceptors (Lipinski definition) is 4. The number of carboxylic acid groups (broad SMARTS) is 2. The summed E-state index contributed by atoms with van der Waals surface area (Å²) >= 11 is 0. The summed E-state index contributed by atoms with van der Waals surface area (Å²) in [5.74, 6) is -2.45. The van der Waals surface area contributed by atoms with Crippen molar-refractivity contribution in [3.8, 4) is 0 Å². The van der Waals surface area contributed by atoms with E-state index in [1.807, 2.05) is 24.3 Å². The second-order valence-corrected chi connectivity index (χ2v) is 4.78. The fourth-order valence-corrected chi connectivity index (χ4v) is 1.96. The summed E-state index contributed by atoms with van der Waals surface area (Å²) in [5, 5.41) is 27.1. The zero-order valence-corrected chi connectivity index (χ0v) is 12.3. The van der Waals surface area contributed by atoms with Gasteiger partial charge in [-0.3, -0.25) is 0 Å². The first-order valence-electron chi connectivity index (χ1n) is 6.71. The highest BCUT2D eigenvalue weighted by Crippen LogP contribution is 2.11. The number of aryl methyl sites for hydroxylation is 1. The van der Waals surface area contributed by atoms with Gasteiger partial charge < -0.3 is 10.2 Å². The van der Waals surface area contributed by atoms with Gasteiger partial charge in [0, 0.05) is 10.8 Å². The molecular weight excluding hydrogens is 296 g/mol. The van der Waals surface area contributed by atoms with Gasteiger partial charge in [-0.2, -0.15) is 10.2 Å². The zero-order chi connectivity index (χ0) is 16.8. The Morgan fingerprint density at radius 1 is 0.826 bits per heavy atom. The van der Waals surface area contributed by atoms with E-state index in [2.05, 4.69) is 10.2 Å². The van der Waals surface area contributed by atoms with Gasteiger partial charge in [0.1, 0.15) is 0 Å². The van der Waals surface area contributed by atoms with E-state index in [0.717, 1.165) is 16.3 Å². The normalized spacial score (nSPS) is 9.78. The minimum Gasteiger partial charge on any atom is -0.478 e. The van der Waals surface area contributed by atoms with Crippen molar-refractivity contribution in [2.45, 2.75) is 6.92 Å². The number of carbonyl (C=O) groups is 2. The molecule has 0 aliphatic heterocycles. The third-order valence-electron chi connectivity index (χ3n) is 3.09. The first kappa shape index (κ1) is 16.1. The molecule has 6 nitrogen and oxygen atoms in total. The standard InChI is InChI=1S/C9H8O4.C8H6N2/c1-5-2-3-6(8(10)11)7(4-5)9(12)13;1-2-4-8-6-10-9-5-7(8)3-1/h2-4H,1H3,(H,10,11)(H,12,13);1-6H. The molecule has 0 aliphatic rings. The highest BCUT2D eigenvalue weighted by molar-refractivity contribution is 6.01. The average Bonchev–Trinajstić information content (AvgIpc) is 2.55. The van der Waals surface area contributed by atoms with Crippen LogP contribution in [-0.4, -0.2) is 32.3 Å². The minimum absolute atomic E-state index is 0.174. The van der Waals surface area contributed by atoms with Crippen LogP contribution in [0, 0.1) is 6.92 Å². The number of fused-ring (bicyclic) bond motifs is 1. The van der Waals surface area contributed by atoms with Crippen LogP contribution in [0.3, 0.4) is 0 Å². The third-order valence-corrected chi connectivity index (χ3v) is 3.09. The molecule has 0 bridgehead atoms. The molecule has 0 aliphatic carbocycles. The van der Waals surface area contributed by atoms with Gasteiger partial charge in [0.15, 0.2) is 0 Å². The van der Waals surface area contributed by atoms with Crippen LogP contribution < -0.4 is 0 Å². The SMILES string of the molecule is Cc1ccc(C(=O)O)c(C(=O)O)c1.c1ccc2cnncc2c1. The number of nitrogens with zero attached hydrogens (tertiary/aromatic N) is 2. The second-order valence-electron chi connectivity index (χ2n) is 4.78. The molecule has 1 aromatic heterocycles. The lowest BCUT2D eigenvalue weighted by atomic mass is 10.0. The summed E-state index contributed by atoms with van der Waals surface area (Å²) < 4.78 is 0. The molecule has 0 amide bonds. The van der Waals surface area contributed by atoms with Gasteiger partial charge in [-0.15, -0.1) is 0 Å². The molecule has 0 saturated carbocycles. The van der Waals surface area contributed by atoms with Crippen molar-refractivity contribution in [2.75, 3.05) is 0 Å². The molecule has 0 radical (unpaired) electrons. The largest absolute Gasteiger partial charge is 0.478 e. The predicted octanol–water partition coefficient (Wildman–Crippen LogP) is 3.02. The van der Waals surface area contributed by atoms with Gasteiger partial charge in [-0.05, 0) is 19.1 Å². The lowest BCUT2D eigenvalue weighted by Crippen LogP contribution is -2.07. The molecule has 0 unspecified atom stereocenters. The van der Waals surface area contributed by atoms with Gasteiger partial charge in [0.25, 0.3) is 0 Å². The molecule has 3 rings (SSSR count). The number of carboxylic acids is 2. The van der Waals surface area contributed by atoms with Crippen LogP contribution in [0.5, 0.6) is 0 Å². The summed E-state index contributed by atoms with van der Waals surface area (Å²) in [4.78, 5) is 21.2. The van der Waals surface area contributed by atoms with Crippen LogP contribution in [-0.2, 0) is 0 Å². The van der Waals surface area contributed by atoms with Gasteiger partial charge in [0.05, 0.1) is 23.5 Å². The maximum atomic E-state index is 10.6. The van der Waals surface area contributed by atoms with E-state index in [1.54, 1.807) is 25.4 Å². The fraction of sp³-hybridized carbons (Fsp3) is 0.0588. The fourth-order valence-electron chi connectivity index (χ4n) is 1.96. The number of hydrogen-bond donors (Lipinski definition) is 2. The van der Waals surface area contributed by atoms with Crippen LogP contribution in [0.4, 0.5) is 0 Å². The minimum atomic E-state index is -1.22. The monoisotopic (exact) mass is 310 g/mol. The molecule has 3 aromatic rings. The zero-order valence-electron chi connectivity index (χ0n) is 12.3. The van der Waals surface area contributed by atoms with Crippen molar-refractivity contribution in [3.05, 3.63) is 71.5 Å². The Morgan fingerprint density at radius 3 is 1.83 bits per heavy atom. The van der Waals surface area contributed by atoms with Crippen LogP contribution in [0.2, 0.25) is 0 Å². The van der Waals surface area contributed by atoms with Crippen LogP contribution in [0.1, 0.15) is 26.3 Å². The average molecular weight is 310 g/mol. The molecular formula is C17H14N2O4. The Kier molecular flexibility index (Phi) is 4.99. The van der Waals surface area contributed by atoms with Crippen molar-refractivity contribution in [1.29, 1.82) is 0 Å². The van der Waals surface area contributed by atoms with E-state index in [-0.39, 0.29) is 11.1 Å². The van der Waals surface area contributed by atoms with E-state index < -0.39 is 11.9 Å². The van der Waals surface area contributed by atoms with E-state index in [0.29, 0.717) is 0 Å². The van der Waals surface area contributed by atoms with Gasteiger partial charge in [-0.25, -0.2) is 9.59 Å². The molecule has 6 heteroatoms. The van der Waals surface area contributed by atoms with Crippen molar-refractivity contribution < 1.29 is 19.8 Å². The third kappa shape index (κ3) is 4.10. The second kappa shape index (κ2) is 7.13. The summed E-state index contributed by atoms with van der Waals surface area (Å²) in [5.41, 5.74) is 0.369. The summed E-state index contributed by atoms with van der Waals surface area (Å²) in [6.07, 6.45) is 3.52. The first-order chi connectivity index (χ1) is 11.0. The smallest absolute Gasteiger partial charge is 0.336 e. The summed E-state index contributed by atoms with van der Waals surface area (Å²) in [6, 6.07) is 12.2. The van der Waals surface area contributed by atoms with Crippen molar-refractivity contribution >= 4 is 22.7 Å². The maximum absolute atomic E-state index is 10.6. The van der Waals surface area contributed by atoms with Crippen molar-refractivity contribution in [3.63, 3.8) is 0 Å². The molecule has 1 heterocycles. The summed E-state index contributed by atoms with van der Waals surface area (Å²) in [7, 11) is 0. The number of aromatic nitrogens is 2. The lowest BCUT2D eigenvalue weighted by molar-refractivity contribution is 0.0651. The molecule has 2 N–H and O–H groups in total. The first-order valence-corrected chi connectivity index (χ1v) is 6.71. The molecule has 0 saturated heterocycles. The van der Waals surface area contributed by atoms with Crippen molar-refractivity contribution in [1.82, 2.24) is 10.2 Å². The van der Waals surface area contributed by atoms with Crippen LogP contribution >= 0.6 is 0 Å². The lowest BCUT2D eigenvalue weighted by Gasteiger charge is -2.01. The molecule has 0 spiro atoms. The van der Waals surface area contributed by atoms with E-state index >= 15 is 0 Å². The number of benzene rings is 2. The van der Waals surface area contributed by atoms with Crippen LogP contribution in [0.15, 0.2) is 54.9 Å². The number of aromatic carboxylic acids is 2. The van der Waals surface area contributed by atoms with Gasteiger partial charge >= 0.3 is 11.9 Å². The van der Waals surface area contributed by atoms with Gasteiger partial charge in [-0.1, -0.05) is 35.9 Å². The summed E-state index contributed by atoms with van der Waals surface area (Å²) in [6.45, 7) is 1.71. The predicted molar refractivity (Wildman–Crippen MR) is 84.6 cm³/mol. The molecule has 2 aromatic carbocycles. The maximum Gasteiger partial charge on any atom is 0.336 e. The molecule has 0 atom stereocenters. The Hall–Kier alpha value is -3.28. The van der Waals surface area contributed by atoms with Crippen molar-refractivity contribution in [2.24, 2.45) is 0 Å². The van der Waals surface area contributed by atoms with E-state index in [1.165, 1.54) is 12.1 Å². The van der Waals surface area contributed by atoms with E-state index in [9.17, 15) is 9.59 Å². The Morgan fingerprint density at radius 2 is 1.35 bits per heavy atom.